The van der Waals surface area contributed by atoms with Crippen molar-refractivity contribution in [1.82, 2.24) is 0 Å². The van der Waals surface area contributed by atoms with E-state index in [0.29, 0.717) is 21.3 Å². The molecule has 0 aliphatic rings. The normalized spacial score (nSPS) is 12.4. The number of anilines is 1. The fourth-order valence-electron chi connectivity index (χ4n) is 1.84. The minimum absolute atomic E-state index is 0.180. The molecule has 3 N–H and O–H groups in total. The topological polar surface area (TPSA) is 46.2 Å². The highest BCUT2D eigenvalue weighted by Crippen LogP contribution is 2.28. The number of benzene rings is 2. The van der Waals surface area contributed by atoms with E-state index in [0.717, 1.165) is 4.47 Å². The van der Waals surface area contributed by atoms with E-state index in [4.69, 9.17) is 5.73 Å². The van der Waals surface area contributed by atoms with Gasteiger partial charge in [-0.25, -0.2) is 4.39 Å². The van der Waals surface area contributed by atoms with Crippen molar-refractivity contribution >= 4 is 37.5 Å². The van der Waals surface area contributed by atoms with Gasteiger partial charge in [0.15, 0.2) is 0 Å². The molecule has 100 valence electrons. The maximum absolute atomic E-state index is 13.7. The Morgan fingerprint density at radius 3 is 2.42 bits per heavy atom. The van der Waals surface area contributed by atoms with Crippen LogP contribution in [0.4, 0.5) is 10.1 Å². The molecule has 5 heteroatoms. The average molecular weight is 389 g/mol. The molecule has 19 heavy (non-hydrogen) atoms. The first-order valence-electron chi connectivity index (χ1n) is 5.64. The molecule has 0 radical (unpaired) electrons. The van der Waals surface area contributed by atoms with Gasteiger partial charge < -0.3 is 10.8 Å². The summed E-state index contributed by atoms with van der Waals surface area (Å²) >= 11 is 6.53. The van der Waals surface area contributed by atoms with Crippen LogP contribution >= 0.6 is 31.9 Å². The number of aliphatic hydroxyl groups excluding tert-OH is 1. The molecule has 0 aliphatic heterocycles. The largest absolute Gasteiger partial charge is 0.398 e. The number of hydrogen-bond acceptors (Lipinski definition) is 2. The van der Waals surface area contributed by atoms with Gasteiger partial charge in [-0.15, -0.1) is 0 Å². The van der Waals surface area contributed by atoms with E-state index in [1.165, 1.54) is 6.07 Å². The minimum atomic E-state index is -0.840. The Hall–Kier alpha value is -0.910. The number of rotatable bonds is 3. The summed E-state index contributed by atoms with van der Waals surface area (Å²) in [4.78, 5) is 0. The van der Waals surface area contributed by atoms with Crippen molar-refractivity contribution in [3.05, 3.63) is 62.3 Å². The lowest BCUT2D eigenvalue weighted by atomic mass is 10.00. The summed E-state index contributed by atoms with van der Waals surface area (Å²) in [6.07, 6.45) is -0.659. The summed E-state index contributed by atoms with van der Waals surface area (Å²) in [5.74, 6) is -0.345. The zero-order chi connectivity index (χ0) is 14.0. The molecular formula is C14H12Br2FNO. The van der Waals surface area contributed by atoms with E-state index in [-0.39, 0.29) is 12.2 Å². The van der Waals surface area contributed by atoms with Crippen LogP contribution in [0.15, 0.2) is 45.3 Å². The standard InChI is InChI=1S/C14H12Br2FNO/c15-9-3-4-13(18)11(6-9)14(19)5-8-1-2-10(16)7-12(8)17/h1-4,6-7,14,19H,5,18H2. The molecular weight excluding hydrogens is 377 g/mol. The van der Waals surface area contributed by atoms with Crippen LogP contribution < -0.4 is 5.73 Å². The van der Waals surface area contributed by atoms with Crippen molar-refractivity contribution in [2.24, 2.45) is 0 Å². The number of nitrogen functional groups attached to an aromatic ring is 1. The Balaban J connectivity index is 2.25. The van der Waals surface area contributed by atoms with E-state index in [1.807, 2.05) is 0 Å². The quantitative estimate of drug-likeness (QED) is 0.773. The second-order valence-electron chi connectivity index (χ2n) is 4.23. The van der Waals surface area contributed by atoms with Gasteiger partial charge in [0, 0.05) is 26.6 Å². The van der Waals surface area contributed by atoms with Gasteiger partial charge in [-0.2, -0.15) is 0 Å². The first-order valence-corrected chi connectivity index (χ1v) is 7.23. The summed E-state index contributed by atoms with van der Waals surface area (Å²) in [6.45, 7) is 0. The second kappa shape index (κ2) is 6.03. The fourth-order valence-corrected chi connectivity index (χ4v) is 2.55. The Bertz CT molecular complexity index is 604. The van der Waals surface area contributed by atoms with Gasteiger partial charge in [0.25, 0.3) is 0 Å². The lowest BCUT2D eigenvalue weighted by Crippen LogP contribution is -2.06. The number of halogens is 3. The molecule has 1 atom stereocenters. The van der Waals surface area contributed by atoms with Gasteiger partial charge in [0.2, 0.25) is 0 Å². The van der Waals surface area contributed by atoms with E-state index in [9.17, 15) is 9.50 Å². The van der Waals surface area contributed by atoms with Crippen molar-refractivity contribution in [1.29, 1.82) is 0 Å². The third kappa shape index (κ3) is 3.55. The van der Waals surface area contributed by atoms with Gasteiger partial charge in [-0.1, -0.05) is 37.9 Å². The Morgan fingerprint density at radius 2 is 1.74 bits per heavy atom. The third-order valence-corrected chi connectivity index (χ3v) is 3.82. The zero-order valence-electron chi connectivity index (χ0n) is 9.91. The highest BCUT2D eigenvalue weighted by molar-refractivity contribution is 9.10. The molecule has 0 saturated carbocycles. The van der Waals surface area contributed by atoms with Crippen LogP contribution in [0.1, 0.15) is 17.2 Å². The molecule has 0 bridgehead atoms. The van der Waals surface area contributed by atoms with Gasteiger partial charge in [-0.05, 0) is 35.9 Å². The molecule has 0 spiro atoms. The molecule has 0 aromatic heterocycles. The molecule has 2 aromatic rings. The summed E-state index contributed by atoms with van der Waals surface area (Å²) in [5.41, 5.74) is 7.37. The highest BCUT2D eigenvalue weighted by Gasteiger charge is 2.14. The number of aliphatic hydroxyl groups is 1. The monoisotopic (exact) mass is 387 g/mol. The Kier molecular flexibility index (Phi) is 4.60. The van der Waals surface area contributed by atoms with Crippen LogP contribution in [0.2, 0.25) is 0 Å². The van der Waals surface area contributed by atoms with Crippen molar-refractivity contribution in [3.8, 4) is 0 Å². The maximum Gasteiger partial charge on any atom is 0.127 e. The first-order chi connectivity index (χ1) is 8.97. The smallest absolute Gasteiger partial charge is 0.127 e. The van der Waals surface area contributed by atoms with Crippen LogP contribution in [0.3, 0.4) is 0 Å². The lowest BCUT2D eigenvalue weighted by Gasteiger charge is -2.14. The molecule has 0 aliphatic carbocycles. The minimum Gasteiger partial charge on any atom is -0.398 e. The average Bonchev–Trinajstić information content (AvgIpc) is 2.35. The fraction of sp³-hybridized carbons (Fsp3) is 0.143. The summed E-state index contributed by atoms with van der Waals surface area (Å²) < 4.78 is 15.2. The molecule has 0 fully saturated rings. The SMILES string of the molecule is Nc1ccc(Br)cc1C(O)Cc1ccc(Br)cc1F. The lowest BCUT2D eigenvalue weighted by molar-refractivity contribution is 0.178. The van der Waals surface area contributed by atoms with Crippen molar-refractivity contribution < 1.29 is 9.50 Å². The van der Waals surface area contributed by atoms with Crippen LogP contribution in [0.5, 0.6) is 0 Å². The van der Waals surface area contributed by atoms with Crippen LogP contribution in [0.25, 0.3) is 0 Å². The van der Waals surface area contributed by atoms with E-state index in [1.54, 1.807) is 30.3 Å². The van der Waals surface area contributed by atoms with Gasteiger partial charge in [-0.3, -0.25) is 0 Å². The molecule has 0 amide bonds. The van der Waals surface area contributed by atoms with Crippen molar-refractivity contribution in [2.45, 2.75) is 12.5 Å². The first kappa shape index (κ1) is 14.5. The van der Waals surface area contributed by atoms with E-state index < -0.39 is 6.10 Å². The van der Waals surface area contributed by atoms with Crippen LogP contribution in [-0.2, 0) is 6.42 Å². The Labute approximate surface area is 127 Å². The predicted molar refractivity (Wildman–Crippen MR) is 81.3 cm³/mol. The van der Waals surface area contributed by atoms with Crippen molar-refractivity contribution in [3.63, 3.8) is 0 Å². The Morgan fingerprint density at radius 1 is 1.11 bits per heavy atom. The van der Waals surface area contributed by atoms with Gasteiger partial charge >= 0.3 is 0 Å². The van der Waals surface area contributed by atoms with Gasteiger partial charge in [0.1, 0.15) is 5.82 Å². The summed E-state index contributed by atoms with van der Waals surface area (Å²) in [6, 6.07) is 10.0. The van der Waals surface area contributed by atoms with Crippen LogP contribution in [-0.4, -0.2) is 5.11 Å². The highest BCUT2D eigenvalue weighted by atomic mass is 79.9. The summed E-state index contributed by atoms with van der Waals surface area (Å²) in [7, 11) is 0. The van der Waals surface area contributed by atoms with E-state index >= 15 is 0 Å². The van der Waals surface area contributed by atoms with Gasteiger partial charge in [0.05, 0.1) is 6.10 Å². The summed E-state index contributed by atoms with van der Waals surface area (Å²) in [5, 5.41) is 10.2. The molecule has 2 aromatic carbocycles. The molecule has 1 unspecified atom stereocenters. The molecule has 2 rings (SSSR count). The molecule has 2 nitrogen and oxygen atoms in total. The van der Waals surface area contributed by atoms with E-state index in [2.05, 4.69) is 31.9 Å². The third-order valence-electron chi connectivity index (χ3n) is 2.84. The number of hydrogen-bond donors (Lipinski definition) is 2. The maximum atomic E-state index is 13.7. The van der Waals surface area contributed by atoms with Crippen molar-refractivity contribution in [2.75, 3.05) is 5.73 Å². The molecule has 0 saturated heterocycles. The van der Waals surface area contributed by atoms with Crippen LogP contribution in [0, 0.1) is 5.82 Å². The molecule has 0 heterocycles. The zero-order valence-corrected chi connectivity index (χ0v) is 13.1. The second-order valence-corrected chi connectivity index (χ2v) is 6.06. The number of nitrogens with two attached hydrogens (primary N) is 1. The predicted octanol–water partition coefficient (Wildman–Crippen LogP) is 4.21.